The molecule has 134 valence electrons. The molecule has 0 spiro atoms. The standard InChI is InChI=1S/C20H19ClN2O2S/c1-20(2)16(17(24)22-11-12-7-9-13(21)10-8-12)23-18(25)14-5-3-4-6-15(14)19(23)26-20/h3-10,16,19H,11H2,1-2H3,(H,22,24)/t16-,19+/m0/s1. The summed E-state index contributed by atoms with van der Waals surface area (Å²) in [5, 5.41) is 3.55. The summed E-state index contributed by atoms with van der Waals surface area (Å²) in [6.07, 6.45) is 0. The normalized spacial score (nSPS) is 22.9. The Kier molecular flexibility index (Phi) is 4.24. The number of halogens is 1. The molecule has 2 aromatic carbocycles. The molecule has 2 amide bonds. The monoisotopic (exact) mass is 386 g/mol. The SMILES string of the molecule is CC1(C)S[C@@H]2c3ccccc3C(=O)N2[C@H]1C(=O)NCc1ccc(Cl)cc1. The van der Waals surface area contributed by atoms with Crippen LogP contribution in [0, 0.1) is 0 Å². The molecule has 0 saturated carbocycles. The number of rotatable bonds is 3. The van der Waals surface area contributed by atoms with Crippen LogP contribution >= 0.6 is 23.4 Å². The highest BCUT2D eigenvalue weighted by molar-refractivity contribution is 8.01. The van der Waals surface area contributed by atoms with E-state index in [0.29, 0.717) is 17.1 Å². The lowest BCUT2D eigenvalue weighted by Gasteiger charge is -2.29. The van der Waals surface area contributed by atoms with Crippen LogP contribution in [-0.2, 0) is 11.3 Å². The molecule has 0 unspecified atom stereocenters. The van der Waals surface area contributed by atoms with Crippen molar-refractivity contribution in [3.05, 3.63) is 70.2 Å². The second kappa shape index (κ2) is 6.32. The summed E-state index contributed by atoms with van der Waals surface area (Å²) in [4.78, 5) is 27.6. The molecule has 0 bridgehead atoms. The minimum atomic E-state index is -0.510. The van der Waals surface area contributed by atoms with E-state index in [0.717, 1.165) is 11.1 Å². The number of thioether (sulfide) groups is 1. The summed E-state index contributed by atoms with van der Waals surface area (Å²) in [5.74, 6) is -0.184. The highest BCUT2D eigenvalue weighted by atomic mass is 35.5. The van der Waals surface area contributed by atoms with Crippen LogP contribution in [0.2, 0.25) is 5.02 Å². The van der Waals surface area contributed by atoms with Gasteiger partial charge in [0.1, 0.15) is 11.4 Å². The van der Waals surface area contributed by atoms with E-state index in [1.54, 1.807) is 28.8 Å². The van der Waals surface area contributed by atoms with Crippen LogP contribution in [0.5, 0.6) is 0 Å². The molecule has 1 N–H and O–H groups in total. The van der Waals surface area contributed by atoms with E-state index in [2.05, 4.69) is 5.32 Å². The van der Waals surface area contributed by atoms with Gasteiger partial charge < -0.3 is 10.2 Å². The van der Waals surface area contributed by atoms with Crippen molar-refractivity contribution >= 4 is 35.2 Å². The van der Waals surface area contributed by atoms with E-state index in [9.17, 15) is 9.59 Å². The van der Waals surface area contributed by atoms with Gasteiger partial charge in [0.25, 0.3) is 5.91 Å². The van der Waals surface area contributed by atoms with Gasteiger partial charge in [-0.25, -0.2) is 0 Å². The number of hydrogen-bond acceptors (Lipinski definition) is 3. The fourth-order valence-corrected chi connectivity index (χ4v) is 5.41. The second-order valence-electron chi connectivity index (χ2n) is 7.12. The van der Waals surface area contributed by atoms with Crippen LogP contribution in [-0.4, -0.2) is 27.5 Å². The Labute approximate surface area is 161 Å². The van der Waals surface area contributed by atoms with Gasteiger partial charge in [-0.15, -0.1) is 11.8 Å². The predicted octanol–water partition coefficient (Wildman–Crippen LogP) is 4.00. The third-order valence-electron chi connectivity index (χ3n) is 4.92. The lowest BCUT2D eigenvalue weighted by molar-refractivity contribution is -0.126. The van der Waals surface area contributed by atoms with Crippen LogP contribution in [0.15, 0.2) is 48.5 Å². The van der Waals surface area contributed by atoms with Crippen LogP contribution < -0.4 is 5.32 Å². The molecule has 26 heavy (non-hydrogen) atoms. The van der Waals surface area contributed by atoms with Gasteiger partial charge in [-0.3, -0.25) is 9.59 Å². The number of hydrogen-bond donors (Lipinski definition) is 1. The summed E-state index contributed by atoms with van der Waals surface area (Å²) in [6, 6.07) is 14.5. The number of nitrogens with zero attached hydrogens (tertiary/aromatic N) is 1. The Hall–Kier alpha value is -1.98. The van der Waals surface area contributed by atoms with Crippen molar-refractivity contribution in [2.24, 2.45) is 0 Å². The Morgan fingerprint density at radius 1 is 1.19 bits per heavy atom. The summed E-state index contributed by atoms with van der Waals surface area (Å²) < 4.78 is -0.363. The number of benzene rings is 2. The highest BCUT2D eigenvalue weighted by Crippen LogP contribution is 2.56. The summed E-state index contributed by atoms with van der Waals surface area (Å²) in [5.41, 5.74) is 2.68. The second-order valence-corrected chi connectivity index (χ2v) is 9.29. The zero-order chi connectivity index (χ0) is 18.5. The van der Waals surface area contributed by atoms with E-state index in [1.165, 1.54) is 0 Å². The molecular weight excluding hydrogens is 368 g/mol. The summed E-state index contributed by atoms with van der Waals surface area (Å²) in [6.45, 7) is 4.46. The van der Waals surface area contributed by atoms with Crippen molar-refractivity contribution in [3.8, 4) is 0 Å². The Balaban J connectivity index is 1.56. The molecule has 0 aliphatic carbocycles. The first-order valence-electron chi connectivity index (χ1n) is 8.50. The molecule has 4 nitrogen and oxygen atoms in total. The average molecular weight is 387 g/mol. The molecule has 2 atom stereocenters. The first-order valence-corrected chi connectivity index (χ1v) is 9.76. The van der Waals surface area contributed by atoms with Gasteiger partial charge in [0.2, 0.25) is 5.91 Å². The molecule has 2 aliphatic heterocycles. The van der Waals surface area contributed by atoms with Crippen molar-refractivity contribution in [1.29, 1.82) is 0 Å². The average Bonchev–Trinajstić information content (AvgIpc) is 3.04. The van der Waals surface area contributed by atoms with Crippen LogP contribution in [0.3, 0.4) is 0 Å². The maximum atomic E-state index is 13.0. The summed E-state index contributed by atoms with van der Waals surface area (Å²) in [7, 11) is 0. The maximum Gasteiger partial charge on any atom is 0.256 e. The minimum absolute atomic E-state index is 0.0599. The fraction of sp³-hybridized carbons (Fsp3) is 0.300. The Morgan fingerprint density at radius 3 is 2.62 bits per heavy atom. The first kappa shape index (κ1) is 17.4. The Bertz CT molecular complexity index is 882. The van der Waals surface area contributed by atoms with E-state index >= 15 is 0 Å². The van der Waals surface area contributed by atoms with Crippen LogP contribution in [0.4, 0.5) is 0 Å². The third-order valence-corrected chi connectivity index (χ3v) is 6.71. The molecular formula is C20H19ClN2O2S. The number of nitrogens with one attached hydrogen (secondary N) is 1. The molecule has 1 saturated heterocycles. The van der Waals surface area contributed by atoms with E-state index < -0.39 is 6.04 Å². The van der Waals surface area contributed by atoms with Crippen LogP contribution in [0.25, 0.3) is 0 Å². The highest BCUT2D eigenvalue weighted by Gasteiger charge is 2.57. The first-order chi connectivity index (χ1) is 12.4. The molecule has 1 fully saturated rings. The topological polar surface area (TPSA) is 49.4 Å². The molecule has 2 aliphatic rings. The number of fused-ring (bicyclic) bond motifs is 3. The largest absolute Gasteiger partial charge is 0.350 e. The van der Waals surface area contributed by atoms with Crippen molar-refractivity contribution in [2.75, 3.05) is 0 Å². The number of carbonyl (C=O) groups excluding carboxylic acids is 2. The van der Waals surface area contributed by atoms with E-state index in [1.807, 2.05) is 50.2 Å². The smallest absolute Gasteiger partial charge is 0.256 e. The van der Waals surface area contributed by atoms with E-state index in [-0.39, 0.29) is 21.9 Å². The van der Waals surface area contributed by atoms with Crippen molar-refractivity contribution < 1.29 is 9.59 Å². The molecule has 6 heteroatoms. The number of carbonyl (C=O) groups is 2. The molecule has 4 rings (SSSR count). The van der Waals surface area contributed by atoms with Gasteiger partial charge in [0.05, 0.1) is 0 Å². The summed E-state index contributed by atoms with van der Waals surface area (Å²) >= 11 is 7.57. The molecule has 0 aromatic heterocycles. The quantitative estimate of drug-likeness (QED) is 0.867. The Morgan fingerprint density at radius 2 is 1.88 bits per heavy atom. The molecule has 2 heterocycles. The van der Waals surface area contributed by atoms with Gasteiger partial charge in [0.15, 0.2) is 0 Å². The van der Waals surface area contributed by atoms with Gasteiger partial charge in [-0.05, 0) is 43.2 Å². The van der Waals surface area contributed by atoms with Crippen molar-refractivity contribution in [2.45, 2.75) is 36.6 Å². The van der Waals surface area contributed by atoms with Crippen molar-refractivity contribution in [3.63, 3.8) is 0 Å². The maximum absolute atomic E-state index is 13.0. The zero-order valence-corrected chi connectivity index (χ0v) is 16.1. The minimum Gasteiger partial charge on any atom is -0.350 e. The van der Waals surface area contributed by atoms with Crippen LogP contribution in [0.1, 0.15) is 40.7 Å². The fourth-order valence-electron chi connectivity index (χ4n) is 3.69. The lowest BCUT2D eigenvalue weighted by Crippen LogP contribution is -2.52. The third kappa shape index (κ3) is 2.79. The molecule has 2 aromatic rings. The predicted molar refractivity (Wildman–Crippen MR) is 104 cm³/mol. The lowest BCUT2D eigenvalue weighted by atomic mass is 10.0. The van der Waals surface area contributed by atoms with E-state index in [4.69, 9.17) is 11.6 Å². The van der Waals surface area contributed by atoms with Gasteiger partial charge in [-0.1, -0.05) is 41.9 Å². The van der Waals surface area contributed by atoms with Gasteiger partial charge in [0, 0.05) is 21.9 Å². The van der Waals surface area contributed by atoms with Crippen molar-refractivity contribution in [1.82, 2.24) is 10.2 Å². The zero-order valence-electron chi connectivity index (χ0n) is 14.5. The molecule has 0 radical (unpaired) electrons. The number of amides is 2. The van der Waals surface area contributed by atoms with Gasteiger partial charge in [-0.2, -0.15) is 0 Å². The van der Waals surface area contributed by atoms with Gasteiger partial charge >= 0.3 is 0 Å².